The van der Waals surface area contributed by atoms with E-state index in [0.29, 0.717) is 6.42 Å². The van der Waals surface area contributed by atoms with E-state index in [1.807, 2.05) is 35.7 Å². The summed E-state index contributed by atoms with van der Waals surface area (Å²) in [6, 6.07) is 10.0. The van der Waals surface area contributed by atoms with Gasteiger partial charge in [-0.2, -0.15) is 0 Å². The number of hydrogen-bond donors (Lipinski definition) is 1. The zero-order chi connectivity index (χ0) is 13.5. The van der Waals surface area contributed by atoms with Gasteiger partial charge in [0, 0.05) is 17.5 Å². The lowest BCUT2D eigenvalue weighted by molar-refractivity contribution is -0.120. The first-order chi connectivity index (χ1) is 9.29. The van der Waals surface area contributed by atoms with Crippen molar-refractivity contribution in [2.24, 2.45) is 0 Å². The molecule has 1 aromatic carbocycles. The number of amides is 1. The van der Waals surface area contributed by atoms with E-state index < -0.39 is 0 Å². The molecule has 0 spiro atoms. The van der Waals surface area contributed by atoms with Crippen molar-refractivity contribution in [2.45, 2.75) is 26.2 Å². The molecule has 4 heteroatoms. The molecule has 19 heavy (non-hydrogen) atoms. The number of benzene rings is 1. The van der Waals surface area contributed by atoms with Crippen LogP contribution in [0.15, 0.2) is 35.7 Å². The third-order valence-electron chi connectivity index (χ3n) is 2.77. The fourth-order valence-electron chi connectivity index (χ4n) is 1.73. The molecule has 100 valence electrons. The minimum Gasteiger partial charge on any atom is -0.356 e. The van der Waals surface area contributed by atoms with Crippen molar-refractivity contribution >= 4 is 17.2 Å². The highest BCUT2D eigenvalue weighted by atomic mass is 32.1. The Kier molecular flexibility index (Phi) is 5.10. The van der Waals surface area contributed by atoms with Gasteiger partial charge >= 0.3 is 0 Å². The Labute approximate surface area is 117 Å². The van der Waals surface area contributed by atoms with Gasteiger partial charge in [0.2, 0.25) is 5.91 Å². The summed E-state index contributed by atoms with van der Waals surface area (Å²) in [5.74, 6) is 0.0540. The second kappa shape index (κ2) is 7.04. The molecule has 1 amide bonds. The van der Waals surface area contributed by atoms with E-state index in [1.54, 1.807) is 11.3 Å². The van der Waals surface area contributed by atoms with Crippen LogP contribution in [0.2, 0.25) is 0 Å². The van der Waals surface area contributed by atoms with Crippen LogP contribution in [0.5, 0.6) is 0 Å². The van der Waals surface area contributed by atoms with E-state index in [0.717, 1.165) is 35.7 Å². The highest BCUT2D eigenvalue weighted by Crippen LogP contribution is 2.23. The van der Waals surface area contributed by atoms with Crippen molar-refractivity contribution in [2.75, 3.05) is 6.54 Å². The molecule has 0 radical (unpaired) electrons. The van der Waals surface area contributed by atoms with E-state index in [-0.39, 0.29) is 5.91 Å². The molecule has 2 aromatic rings. The summed E-state index contributed by atoms with van der Waals surface area (Å²) in [6.45, 7) is 2.86. The zero-order valence-corrected chi connectivity index (χ0v) is 11.9. The second-order valence-electron chi connectivity index (χ2n) is 4.39. The van der Waals surface area contributed by atoms with Crippen LogP contribution >= 0.6 is 11.3 Å². The molecular weight excluding hydrogens is 256 g/mol. The van der Waals surface area contributed by atoms with Crippen LogP contribution in [0, 0.1) is 0 Å². The molecule has 0 aliphatic rings. The topological polar surface area (TPSA) is 42.0 Å². The third-order valence-corrected chi connectivity index (χ3v) is 3.71. The predicted octanol–water partition coefficient (Wildman–Crippen LogP) is 3.27. The summed E-state index contributed by atoms with van der Waals surface area (Å²) in [4.78, 5) is 16.2. The number of aromatic nitrogens is 1. The monoisotopic (exact) mass is 274 g/mol. The van der Waals surface area contributed by atoms with Gasteiger partial charge in [-0.25, -0.2) is 4.98 Å². The Morgan fingerprint density at radius 2 is 2.11 bits per heavy atom. The molecule has 1 N–H and O–H groups in total. The number of nitrogens with zero attached hydrogens (tertiary/aromatic N) is 1. The number of unbranched alkanes of at least 4 members (excludes halogenated alkanes) is 1. The molecule has 0 aliphatic heterocycles. The minimum absolute atomic E-state index is 0.0540. The van der Waals surface area contributed by atoms with Crippen molar-refractivity contribution in [3.05, 3.63) is 41.4 Å². The van der Waals surface area contributed by atoms with Gasteiger partial charge in [0.1, 0.15) is 5.01 Å². The van der Waals surface area contributed by atoms with E-state index in [4.69, 9.17) is 0 Å². The fourth-order valence-corrected chi connectivity index (χ4v) is 2.56. The van der Waals surface area contributed by atoms with Crippen LogP contribution < -0.4 is 5.32 Å². The zero-order valence-electron chi connectivity index (χ0n) is 11.1. The maximum Gasteiger partial charge on any atom is 0.226 e. The summed E-state index contributed by atoms with van der Waals surface area (Å²) in [7, 11) is 0. The van der Waals surface area contributed by atoms with Crippen LogP contribution in [-0.4, -0.2) is 17.4 Å². The molecular formula is C15H18N2OS. The van der Waals surface area contributed by atoms with Gasteiger partial charge in [0.05, 0.1) is 12.1 Å². The molecule has 2 rings (SSSR count). The molecule has 3 nitrogen and oxygen atoms in total. The molecule has 0 unspecified atom stereocenters. The van der Waals surface area contributed by atoms with Gasteiger partial charge in [-0.1, -0.05) is 43.7 Å². The molecule has 0 saturated carbocycles. The largest absolute Gasteiger partial charge is 0.356 e. The van der Waals surface area contributed by atoms with Crippen LogP contribution in [-0.2, 0) is 11.2 Å². The summed E-state index contributed by atoms with van der Waals surface area (Å²) < 4.78 is 0. The maximum absolute atomic E-state index is 11.7. The maximum atomic E-state index is 11.7. The van der Waals surface area contributed by atoms with Crippen molar-refractivity contribution in [3.8, 4) is 10.6 Å². The average Bonchev–Trinajstić information content (AvgIpc) is 2.88. The Balaban J connectivity index is 1.93. The van der Waals surface area contributed by atoms with E-state index in [2.05, 4.69) is 17.2 Å². The lowest BCUT2D eigenvalue weighted by Gasteiger charge is -2.01. The van der Waals surface area contributed by atoms with Crippen molar-refractivity contribution in [1.29, 1.82) is 0 Å². The standard InChI is InChI=1S/C15H18N2OS/c1-2-3-9-16-14(18)10-13-11-19-15(17-13)12-7-5-4-6-8-12/h4-8,11H,2-3,9-10H2,1H3,(H,16,18). The minimum atomic E-state index is 0.0540. The van der Waals surface area contributed by atoms with Crippen LogP contribution in [0.25, 0.3) is 10.6 Å². The van der Waals surface area contributed by atoms with Crippen LogP contribution in [0.1, 0.15) is 25.5 Å². The summed E-state index contributed by atoms with van der Waals surface area (Å²) in [5, 5.41) is 5.84. The van der Waals surface area contributed by atoms with E-state index >= 15 is 0 Å². The summed E-state index contributed by atoms with van der Waals surface area (Å²) in [5.41, 5.74) is 1.95. The molecule has 0 aliphatic carbocycles. The number of carbonyl (C=O) groups excluding carboxylic acids is 1. The molecule has 0 atom stereocenters. The SMILES string of the molecule is CCCCNC(=O)Cc1csc(-c2ccccc2)n1. The number of carbonyl (C=O) groups is 1. The quantitative estimate of drug-likeness (QED) is 0.821. The number of rotatable bonds is 6. The highest BCUT2D eigenvalue weighted by molar-refractivity contribution is 7.13. The lowest BCUT2D eigenvalue weighted by Crippen LogP contribution is -2.26. The highest BCUT2D eigenvalue weighted by Gasteiger charge is 2.08. The predicted molar refractivity (Wildman–Crippen MR) is 79.2 cm³/mol. The van der Waals surface area contributed by atoms with Crippen molar-refractivity contribution in [1.82, 2.24) is 10.3 Å². The lowest BCUT2D eigenvalue weighted by atomic mass is 10.2. The molecule has 0 saturated heterocycles. The Morgan fingerprint density at radius 1 is 1.32 bits per heavy atom. The number of thiazole rings is 1. The Morgan fingerprint density at radius 3 is 2.84 bits per heavy atom. The normalized spacial score (nSPS) is 10.4. The van der Waals surface area contributed by atoms with Gasteiger partial charge in [-0.3, -0.25) is 4.79 Å². The molecule has 0 bridgehead atoms. The van der Waals surface area contributed by atoms with Gasteiger partial charge in [-0.05, 0) is 6.42 Å². The first-order valence-electron chi connectivity index (χ1n) is 6.56. The van der Waals surface area contributed by atoms with Gasteiger partial charge in [0.25, 0.3) is 0 Å². The van der Waals surface area contributed by atoms with Gasteiger partial charge in [0.15, 0.2) is 0 Å². The summed E-state index contributed by atoms with van der Waals surface area (Å²) in [6.07, 6.45) is 2.49. The Hall–Kier alpha value is -1.68. The number of nitrogens with one attached hydrogen (secondary N) is 1. The van der Waals surface area contributed by atoms with E-state index in [9.17, 15) is 4.79 Å². The van der Waals surface area contributed by atoms with Gasteiger partial charge in [-0.15, -0.1) is 11.3 Å². The number of hydrogen-bond acceptors (Lipinski definition) is 3. The first kappa shape index (κ1) is 13.7. The van der Waals surface area contributed by atoms with E-state index in [1.165, 1.54) is 0 Å². The molecule has 1 aromatic heterocycles. The first-order valence-corrected chi connectivity index (χ1v) is 7.44. The second-order valence-corrected chi connectivity index (χ2v) is 5.25. The van der Waals surface area contributed by atoms with Crippen molar-refractivity contribution in [3.63, 3.8) is 0 Å². The smallest absolute Gasteiger partial charge is 0.226 e. The molecule has 1 heterocycles. The van der Waals surface area contributed by atoms with Gasteiger partial charge < -0.3 is 5.32 Å². The molecule has 0 fully saturated rings. The summed E-state index contributed by atoms with van der Waals surface area (Å²) >= 11 is 1.58. The third kappa shape index (κ3) is 4.17. The van der Waals surface area contributed by atoms with Crippen LogP contribution in [0.3, 0.4) is 0 Å². The average molecular weight is 274 g/mol. The van der Waals surface area contributed by atoms with Crippen molar-refractivity contribution < 1.29 is 4.79 Å². The fraction of sp³-hybridized carbons (Fsp3) is 0.333. The Bertz CT molecular complexity index is 522. The van der Waals surface area contributed by atoms with Crippen LogP contribution in [0.4, 0.5) is 0 Å².